The molecule has 3 aliphatic heterocycles. The molecule has 10 N–H and O–H groups in total. The van der Waals surface area contributed by atoms with E-state index in [1.54, 1.807) is 11.5 Å². The number of aliphatic hydroxyl groups is 2. The number of carbonyl (C=O) groups excluding carboxylic acids is 1. The number of guanidine groups is 2. The summed E-state index contributed by atoms with van der Waals surface area (Å²) in [7, 11) is 0. The number of hydrogen-bond acceptors (Lipinski definition) is 9. The molecule has 0 aromatic carbocycles. The lowest BCUT2D eigenvalue weighted by Gasteiger charge is -2.43. The van der Waals surface area contributed by atoms with Crippen molar-refractivity contribution in [3.8, 4) is 0 Å². The minimum Gasteiger partial charge on any atom is -0.446 e. The van der Waals surface area contributed by atoms with E-state index in [-0.39, 0.29) is 31.0 Å². The van der Waals surface area contributed by atoms with Crippen LogP contribution in [0.5, 0.6) is 0 Å². The summed E-state index contributed by atoms with van der Waals surface area (Å²) >= 11 is 0. The smallest absolute Gasteiger partial charge is 0.404 e. The van der Waals surface area contributed by atoms with E-state index in [1.165, 1.54) is 0 Å². The van der Waals surface area contributed by atoms with E-state index in [0.717, 1.165) is 0 Å². The van der Waals surface area contributed by atoms with Gasteiger partial charge in [0.25, 0.3) is 0 Å². The van der Waals surface area contributed by atoms with Crippen LogP contribution in [0.1, 0.15) is 13.3 Å². The Balaban J connectivity index is 2.06. The van der Waals surface area contributed by atoms with Crippen molar-refractivity contribution in [3.05, 3.63) is 0 Å². The molecule has 0 aromatic heterocycles. The standard InChI is InChI=1S/C11H19N7O4/c1-4-2-10(20,21)11-6(16-7(12)17-11)5(3-22-9(14)19)15-8(13)18(4)11/h4-6,20-21H,2-3H2,1H3,(H7,12,13,14,15,16,17,19)/p+1/t4-,5-,6?,11?/m0/s1. The van der Waals surface area contributed by atoms with E-state index in [9.17, 15) is 15.0 Å². The molecule has 3 heterocycles. The molecule has 4 atom stereocenters. The van der Waals surface area contributed by atoms with Crippen molar-refractivity contribution >= 4 is 18.0 Å². The van der Waals surface area contributed by atoms with Gasteiger partial charge in [-0.25, -0.2) is 14.4 Å². The number of hydrogen-bond donors (Lipinski definition) is 7. The van der Waals surface area contributed by atoms with Crippen molar-refractivity contribution in [2.45, 2.75) is 42.9 Å². The summed E-state index contributed by atoms with van der Waals surface area (Å²) in [5.41, 5.74) is 15.3. The van der Waals surface area contributed by atoms with Gasteiger partial charge in [0.15, 0.2) is 12.0 Å². The van der Waals surface area contributed by atoms with E-state index in [4.69, 9.17) is 21.9 Å². The molecule has 3 rings (SSSR count). The van der Waals surface area contributed by atoms with Gasteiger partial charge in [-0.15, -0.1) is 0 Å². The maximum atomic E-state index is 10.8. The highest BCUT2D eigenvalue weighted by Crippen LogP contribution is 2.43. The van der Waals surface area contributed by atoms with E-state index in [0.29, 0.717) is 0 Å². The summed E-state index contributed by atoms with van der Waals surface area (Å²) < 4.78 is 6.41. The van der Waals surface area contributed by atoms with Gasteiger partial charge in [-0.05, 0) is 6.92 Å². The summed E-state index contributed by atoms with van der Waals surface area (Å²) in [5.74, 6) is -1.86. The fourth-order valence-corrected chi connectivity index (χ4v) is 3.74. The van der Waals surface area contributed by atoms with Crippen LogP contribution < -0.4 is 27.8 Å². The number of aliphatic imine (C=N–C) groups is 1. The van der Waals surface area contributed by atoms with Gasteiger partial charge in [-0.2, -0.15) is 0 Å². The zero-order valence-electron chi connectivity index (χ0n) is 12.0. The molecule has 1 amide bonds. The van der Waals surface area contributed by atoms with Crippen LogP contribution in [0, 0.1) is 0 Å². The molecule has 3 aliphatic rings. The minimum absolute atomic E-state index is 0.0467. The Morgan fingerprint density at radius 1 is 1.55 bits per heavy atom. The van der Waals surface area contributed by atoms with Crippen LogP contribution in [0.3, 0.4) is 0 Å². The minimum atomic E-state index is -2.13. The van der Waals surface area contributed by atoms with Crippen molar-refractivity contribution in [2.24, 2.45) is 22.2 Å². The second kappa shape index (κ2) is 4.36. The Labute approximate surface area is 125 Å². The number of carbonyl (C=O) groups is 1. The largest absolute Gasteiger partial charge is 0.446 e. The third kappa shape index (κ3) is 1.72. The highest BCUT2D eigenvalue weighted by Gasteiger charge is 2.73. The van der Waals surface area contributed by atoms with Crippen LogP contribution in [0.4, 0.5) is 4.79 Å². The maximum Gasteiger partial charge on any atom is 0.404 e. The summed E-state index contributed by atoms with van der Waals surface area (Å²) in [6, 6.07) is -1.61. The first-order valence-electron chi connectivity index (χ1n) is 6.86. The number of primary amides is 1. The van der Waals surface area contributed by atoms with Crippen molar-refractivity contribution in [2.75, 3.05) is 6.61 Å². The van der Waals surface area contributed by atoms with Gasteiger partial charge in [-0.1, -0.05) is 0 Å². The van der Waals surface area contributed by atoms with Crippen LogP contribution in [-0.2, 0) is 4.74 Å². The second-order valence-corrected chi connectivity index (χ2v) is 5.86. The normalized spacial score (nSPS) is 38.5. The number of amides is 1. The average molecular weight is 314 g/mol. The summed E-state index contributed by atoms with van der Waals surface area (Å²) in [5, 5.41) is 26.9. The number of ether oxygens (including phenoxy) is 1. The first-order valence-corrected chi connectivity index (χ1v) is 6.86. The summed E-state index contributed by atoms with van der Waals surface area (Å²) in [6.45, 7) is 1.66. The van der Waals surface area contributed by atoms with Gasteiger partial charge in [0.05, 0.1) is 6.04 Å². The lowest BCUT2D eigenvalue weighted by Crippen LogP contribution is -2.78. The van der Waals surface area contributed by atoms with E-state index < -0.39 is 29.6 Å². The average Bonchev–Trinajstić information content (AvgIpc) is 2.82. The molecule has 0 radical (unpaired) electrons. The van der Waals surface area contributed by atoms with Crippen LogP contribution in [0.2, 0.25) is 0 Å². The molecule has 11 heteroatoms. The highest BCUT2D eigenvalue weighted by molar-refractivity contribution is 5.83. The van der Waals surface area contributed by atoms with Crippen LogP contribution in [-0.4, -0.2) is 69.0 Å². The first kappa shape index (κ1) is 14.7. The lowest BCUT2D eigenvalue weighted by atomic mass is 9.87. The van der Waals surface area contributed by atoms with E-state index in [1.807, 2.05) is 0 Å². The Morgan fingerprint density at radius 3 is 2.86 bits per heavy atom. The Kier molecular flexibility index (Phi) is 2.91. The Morgan fingerprint density at radius 2 is 2.23 bits per heavy atom. The molecule has 1 spiro atoms. The first-order chi connectivity index (χ1) is 10.2. The van der Waals surface area contributed by atoms with Crippen molar-refractivity contribution in [1.82, 2.24) is 10.6 Å². The molecule has 0 bridgehead atoms. The van der Waals surface area contributed by atoms with Gasteiger partial charge < -0.3 is 31.7 Å². The number of rotatable bonds is 2. The zero-order chi connectivity index (χ0) is 16.3. The fraction of sp³-hybridized carbons (Fsp3) is 0.727. The van der Waals surface area contributed by atoms with Crippen LogP contribution in [0.15, 0.2) is 4.99 Å². The summed E-state index contributed by atoms with van der Waals surface area (Å²) in [6.07, 6.45) is -0.899. The van der Waals surface area contributed by atoms with Gasteiger partial charge >= 0.3 is 12.1 Å². The molecule has 0 aromatic rings. The van der Waals surface area contributed by atoms with Gasteiger partial charge in [0, 0.05) is 6.42 Å². The SMILES string of the molecule is C[C@H]1CC(O)(O)C23NC(N)=NC2[C@H](COC(N)=O)NC(N)=[N+]13. The topological polar surface area (TPSA) is 184 Å². The molecule has 0 saturated carbocycles. The molecule has 1 saturated heterocycles. The van der Waals surface area contributed by atoms with Gasteiger partial charge in [0.2, 0.25) is 11.4 Å². The maximum absolute atomic E-state index is 10.8. The van der Waals surface area contributed by atoms with E-state index in [2.05, 4.69) is 15.6 Å². The van der Waals surface area contributed by atoms with Gasteiger partial charge in [0.1, 0.15) is 12.6 Å². The Hall–Kier alpha value is -2.27. The second-order valence-electron chi connectivity index (χ2n) is 5.86. The van der Waals surface area contributed by atoms with Crippen molar-refractivity contribution in [3.63, 3.8) is 0 Å². The Bertz CT molecular complexity index is 589. The third-order valence-electron chi connectivity index (χ3n) is 4.42. The highest BCUT2D eigenvalue weighted by atomic mass is 16.5. The molecule has 0 aliphatic carbocycles. The monoisotopic (exact) mass is 314 g/mol. The molecular formula is C11H20N7O4+. The summed E-state index contributed by atoms with van der Waals surface area (Å²) in [4.78, 5) is 15.1. The number of nitrogens with one attached hydrogen (secondary N) is 2. The van der Waals surface area contributed by atoms with Crippen molar-refractivity contribution in [1.29, 1.82) is 0 Å². The molecule has 22 heavy (non-hydrogen) atoms. The predicted octanol–water partition coefficient (Wildman–Crippen LogP) is -4.16. The van der Waals surface area contributed by atoms with Crippen LogP contribution >= 0.6 is 0 Å². The molecule has 122 valence electrons. The number of nitrogens with two attached hydrogens (primary N) is 3. The molecule has 11 nitrogen and oxygen atoms in total. The predicted molar refractivity (Wildman–Crippen MR) is 74.4 cm³/mol. The third-order valence-corrected chi connectivity index (χ3v) is 4.42. The van der Waals surface area contributed by atoms with Gasteiger partial charge in [-0.3, -0.25) is 11.1 Å². The molecule has 2 unspecified atom stereocenters. The number of nitrogens with zero attached hydrogens (tertiary/aromatic N) is 2. The quantitative estimate of drug-likeness (QED) is 0.198. The van der Waals surface area contributed by atoms with E-state index >= 15 is 0 Å². The molecular weight excluding hydrogens is 294 g/mol. The fourth-order valence-electron chi connectivity index (χ4n) is 3.74. The lowest BCUT2D eigenvalue weighted by molar-refractivity contribution is -0.646. The molecule has 1 fully saturated rings. The van der Waals surface area contributed by atoms with Crippen LogP contribution in [0.25, 0.3) is 0 Å². The zero-order valence-corrected chi connectivity index (χ0v) is 12.0. The van der Waals surface area contributed by atoms with Crippen molar-refractivity contribution < 1.29 is 24.3 Å².